The number of rotatable bonds is 7. The maximum absolute atomic E-state index is 14.0. The smallest absolute Gasteiger partial charge is 0.480 e. The van der Waals surface area contributed by atoms with E-state index < -0.39 is 30.9 Å². The van der Waals surface area contributed by atoms with Gasteiger partial charge in [0.1, 0.15) is 11.9 Å². The largest absolute Gasteiger partial charge is 0.491 e. The minimum Gasteiger partial charge on any atom is -0.480 e. The van der Waals surface area contributed by atoms with Gasteiger partial charge in [-0.2, -0.15) is 0 Å². The second-order valence-electron chi connectivity index (χ2n) is 5.34. The van der Waals surface area contributed by atoms with Crippen LogP contribution >= 0.6 is 0 Å². The molecule has 0 saturated carbocycles. The summed E-state index contributed by atoms with van der Waals surface area (Å²) in [6.45, 7) is 0.498. The summed E-state index contributed by atoms with van der Waals surface area (Å²) in [5, 5.41) is 20.9. The average molecular weight is 324 g/mol. The van der Waals surface area contributed by atoms with E-state index in [9.17, 15) is 19.0 Å². The number of benzene rings is 1. The van der Waals surface area contributed by atoms with E-state index in [1.807, 2.05) is 0 Å². The zero-order chi connectivity index (χ0) is 17.0. The van der Waals surface area contributed by atoms with Crippen LogP contribution in [0.25, 0.3) is 0 Å². The van der Waals surface area contributed by atoms with Gasteiger partial charge in [0.2, 0.25) is 0 Å². The van der Waals surface area contributed by atoms with Gasteiger partial charge in [0.05, 0.1) is 12.2 Å². The number of carboxylic acids is 1. The highest BCUT2D eigenvalue weighted by Crippen LogP contribution is 2.16. The molecule has 0 bridgehead atoms. The van der Waals surface area contributed by atoms with Gasteiger partial charge in [-0.05, 0) is 49.0 Å². The number of carboxylic acid groups (broad SMARTS) is 1. The molecule has 9 heteroatoms. The molecule has 0 spiro atoms. The lowest BCUT2D eigenvalue weighted by molar-refractivity contribution is -0.139. The van der Waals surface area contributed by atoms with E-state index in [0.717, 1.165) is 6.07 Å². The molecule has 7 nitrogen and oxygen atoms in total. The highest BCUT2D eigenvalue weighted by Gasteiger charge is 2.30. The molecule has 0 fully saturated rings. The minimum absolute atomic E-state index is 0.0654. The lowest BCUT2D eigenvalue weighted by Crippen LogP contribution is -2.41. The molecule has 1 aliphatic heterocycles. The summed E-state index contributed by atoms with van der Waals surface area (Å²) >= 11 is 0. The van der Waals surface area contributed by atoms with E-state index in [1.54, 1.807) is 0 Å². The van der Waals surface area contributed by atoms with Crippen LogP contribution in [0.2, 0.25) is 0 Å². The maximum Gasteiger partial charge on any atom is 0.491 e. The first-order valence-electron chi connectivity index (χ1n) is 7.29. The molecular formula is C14H18BFN2O5. The van der Waals surface area contributed by atoms with Gasteiger partial charge < -0.3 is 25.8 Å². The number of nitrogens with two attached hydrogens (primary N) is 1. The van der Waals surface area contributed by atoms with Gasteiger partial charge in [-0.3, -0.25) is 4.79 Å². The van der Waals surface area contributed by atoms with Crippen molar-refractivity contribution in [3.05, 3.63) is 29.1 Å². The third kappa shape index (κ3) is 4.07. The Balaban J connectivity index is 2.12. The summed E-state index contributed by atoms with van der Waals surface area (Å²) in [5.74, 6) is -2.83. The summed E-state index contributed by atoms with van der Waals surface area (Å²) in [5.41, 5.74) is 5.85. The fraction of sp³-hybridized carbons (Fsp3) is 0.429. The summed E-state index contributed by atoms with van der Waals surface area (Å²) in [6, 6.07) is 1.20. The fourth-order valence-corrected chi connectivity index (χ4v) is 2.41. The van der Waals surface area contributed by atoms with Gasteiger partial charge in [0.25, 0.3) is 5.91 Å². The Morgan fingerprint density at radius 1 is 1.43 bits per heavy atom. The van der Waals surface area contributed by atoms with Crippen molar-refractivity contribution in [1.29, 1.82) is 0 Å². The van der Waals surface area contributed by atoms with Crippen molar-refractivity contribution in [2.24, 2.45) is 5.73 Å². The van der Waals surface area contributed by atoms with Crippen molar-refractivity contribution in [1.82, 2.24) is 5.32 Å². The Bertz CT molecular complexity index is 613. The Hall–Kier alpha value is -1.97. The van der Waals surface area contributed by atoms with Crippen LogP contribution < -0.4 is 16.5 Å². The third-order valence-corrected chi connectivity index (χ3v) is 3.69. The highest BCUT2D eigenvalue weighted by atomic mass is 19.1. The minimum atomic E-state index is -1.21. The van der Waals surface area contributed by atoms with Crippen molar-refractivity contribution in [3.8, 4) is 0 Å². The molecule has 1 aliphatic rings. The summed E-state index contributed by atoms with van der Waals surface area (Å²) < 4.78 is 19.0. The van der Waals surface area contributed by atoms with Crippen LogP contribution in [0.15, 0.2) is 12.1 Å². The zero-order valence-corrected chi connectivity index (χ0v) is 12.4. The number of unbranched alkanes of at least 4 members (excludes halogenated alkanes) is 1. The van der Waals surface area contributed by atoms with Crippen LogP contribution in [-0.2, 0) is 16.1 Å². The van der Waals surface area contributed by atoms with Gasteiger partial charge in [0, 0.05) is 0 Å². The molecule has 0 aromatic heterocycles. The average Bonchev–Trinajstić information content (AvgIpc) is 2.86. The maximum atomic E-state index is 14.0. The number of nitrogens with one attached hydrogen (secondary N) is 1. The summed E-state index contributed by atoms with van der Waals surface area (Å²) in [6.07, 6.45) is 1.40. The molecule has 1 amide bonds. The molecular weight excluding hydrogens is 306 g/mol. The van der Waals surface area contributed by atoms with Gasteiger partial charge >= 0.3 is 13.1 Å². The predicted molar refractivity (Wildman–Crippen MR) is 80.6 cm³/mol. The first kappa shape index (κ1) is 17.4. The standard InChI is InChI=1S/C14H18BFN2O5/c16-11-6-10-8(7-23-15(10)22)5-9(11)13(19)18-12(14(20)21)3-1-2-4-17/h5-6,12,22H,1-4,7,17H2,(H,18,19)(H,20,21). The molecule has 1 heterocycles. The molecule has 124 valence electrons. The number of amides is 1. The zero-order valence-electron chi connectivity index (χ0n) is 12.4. The molecule has 1 aromatic carbocycles. The van der Waals surface area contributed by atoms with Crippen molar-refractivity contribution in [2.45, 2.75) is 31.9 Å². The predicted octanol–water partition coefficient (Wildman–Crippen LogP) is -0.645. The first-order chi connectivity index (χ1) is 10.9. The molecule has 0 radical (unpaired) electrons. The molecule has 5 N–H and O–H groups in total. The van der Waals surface area contributed by atoms with Crippen LogP contribution in [0.5, 0.6) is 0 Å². The number of carbonyl (C=O) groups excluding carboxylic acids is 1. The van der Waals surface area contributed by atoms with Crippen molar-refractivity contribution in [2.75, 3.05) is 6.54 Å². The van der Waals surface area contributed by atoms with Crippen LogP contribution in [0.1, 0.15) is 35.2 Å². The molecule has 1 atom stereocenters. The monoisotopic (exact) mass is 324 g/mol. The Morgan fingerprint density at radius 3 is 2.83 bits per heavy atom. The number of halogens is 1. The van der Waals surface area contributed by atoms with Crippen LogP contribution in [0.3, 0.4) is 0 Å². The van der Waals surface area contributed by atoms with E-state index in [2.05, 4.69) is 5.32 Å². The van der Waals surface area contributed by atoms with E-state index in [1.165, 1.54) is 6.07 Å². The number of aliphatic carboxylic acids is 1. The Morgan fingerprint density at radius 2 is 2.17 bits per heavy atom. The molecule has 1 aromatic rings. The quantitative estimate of drug-likeness (QED) is 0.391. The number of hydrogen-bond donors (Lipinski definition) is 4. The van der Waals surface area contributed by atoms with E-state index in [-0.39, 0.29) is 24.1 Å². The van der Waals surface area contributed by atoms with Gasteiger partial charge in [0.15, 0.2) is 0 Å². The van der Waals surface area contributed by atoms with E-state index >= 15 is 0 Å². The van der Waals surface area contributed by atoms with Crippen molar-refractivity contribution < 1.29 is 28.8 Å². The van der Waals surface area contributed by atoms with Crippen LogP contribution in [0.4, 0.5) is 4.39 Å². The van der Waals surface area contributed by atoms with E-state index in [4.69, 9.17) is 15.5 Å². The molecule has 0 saturated heterocycles. The fourth-order valence-electron chi connectivity index (χ4n) is 2.41. The summed E-state index contributed by atoms with van der Waals surface area (Å²) in [7, 11) is -1.21. The third-order valence-electron chi connectivity index (χ3n) is 3.69. The van der Waals surface area contributed by atoms with Gasteiger partial charge in [-0.1, -0.05) is 0 Å². The number of hydrogen-bond acceptors (Lipinski definition) is 5. The second kappa shape index (κ2) is 7.54. The molecule has 1 unspecified atom stereocenters. The molecule has 2 rings (SSSR count). The van der Waals surface area contributed by atoms with Gasteiger partial charge in [-0.15, -0.1) is 0 Å². The van der Waals surface area contributed by atoms with Crippen LogP contribution in [-0.4, -0.2) is 41.7 Å². The Kier molecular flexibility index (Phi) is 5.70. The lowest BCUT2D eigenvalue weighted by Gasteiger charge is -2.15. The molecule has 0 aliphatic carbocycles. The number of carbonyl (C=O) groups is 2. The number of fused-ring (bicyclic) bond motifs is 1. The van der Waals surface area contributed by atoms with Gasteiger partial charge in [-0.25, -0.2) is 9.18 Å². The highest BCUT2D eigenvalue weighted by molar-refractivity contribution is 6.61. The summed E-state index contributed by atoms with van der Waals surface area (Å²) in [4.78, 5) is 23.3. The lowest BCUT2D eigenvalue weighted by atomic mass is 9.79. The second-order valence-corrected chi connectivity index (χ2v) is 5.34. The van der Waals surface area contributed by atoms with Crippen LogP contribution in [0, 0.1) is 5.82 Å². The van der Waals surface area contributed by atoms with Crippen molar-refractivity contribution in [3.63, 3.8) is 0 Å². The molecule has 23 heavy (non-hydrogen) atoms. The normalized spacial score (nSPS) is 14.5. The Labute approximate surface area is 132 Å². The van der Waals surface area contributed by atoms with Crippen molar-refractivity contribution >= 4 is 24.5 Å². The SMILES string of the molecule is NCCCCC(NC(=O)c1cc2c(cc1F)B(O)OC2)C(=O)O. The topological polar surface area (TPSA) is 122 Å². The first-order valence-corrected chi connectivity index (χ1v) is 7.29. The van der Waals surface area contributed by atoms with E-state index in [0.29, 0.717) is 24.9 Å².